The van der Waals surface area contributed by atoms with E-state index in [1.807, 2.05) is 30.3 Å². The average Bonchev–Trinajstić information content (AvgIpc) is 3.28. The third-order valence-electron chi connectivity index (χ3n) is 4.92. The first-order chi connectivity index (χ1) is 12.7. The number of aliphatic hydroxyl groups excluding tert-OH is 2. The number of ether oxygens (including phenoxy) is 4. The minimum absolute atomic E-state index is 0.0429. The summed E-state index contributed by atoms with van der Waals surface area (Å²) in [6.45, 7) is 0.313. The van der Waals surface area contributed by atoms with E-state index >= 15 is 0 Å². The highest BCUT2D eigenvalue weighted by atomic mass is 16.7. The molecule has 138 valence electrons. The summed E-state index contributed by atoms with van der Waals surface area (Å²) in [5.41, 5.74) is 2.91. The molecule has 2 heterocycles. The molecule has 0 fully saturated rings. The summed E-state index contributed by atoms with van der Waals surface area (Å²) in [4.78, 5) is 0. The number of aryl methyl sites for hydroxylation is 1. The molecule has 2 aromatic carbocycles. The van der Waals surface area contributed by atoms with Crippen molar-refractivity contribution < 1.29 is 29.2 Å². The van der Waals surface area contributed by atoms with Crippen LogP contribution in [0.3, 0.4) is 0 Å². The Morgan fingerprint density at radius 1 is 1.12 bits per heavy atom. The van der Waals surface area contributed by atoms with E-state index in [-0.39, 0.29) is 32.0 Å². The van der Waals surface area contributed by atoms with Gasteiger partial charge in [-0.25, -0.2) is 0 Å². The van der Waals surface area contributed by atoms with Crippen LogP contribution in [0.15, 0.2) is 30.3 Å². The summed E-state index contributed by atoms with van der Waals surface area (Å²) in [7, 11) is 1.61. The van der Waals surface area contributed by atoms with Crippen molar-refractivity contribution in [1.29, 1.82) is 0 Å². The van der Waals surface area contributed by atoms with Crippen LogP contribution in [0.25, 0.3) is 0 Å². The maximum atomic E-state index is 10.1. The molecule has 0 amide bonds. The van der Waals surface area contributed by atoms with Crippen LogP contribution < -0.4 is 18.9 Å². The summed E-state index contributed by atoms with van der Waals surface area (Å²) in [6.07, 6.45) is 1.09. The SMILES string of the molecule is COc1cc(CCCO)cc2c1OC(c1ccc3c(c1)OCO3)C2CO. The lowest BCUT2D eigenvalue weighted by atomic mass is 9.90. The monoisotopic (exact) mass is 358 g/mol. The fraction of sp³-hybridized carbons (Fsp3) is 0.400. The van der Waals surface area contributed by atoms with E-state index in [0.29, 0.717) is 29.4 Å². The lowest BCUT2D eigenvalue weighted by molar-refractivity contribution is 0.156. The number of aliphatic hydroxyl groups is 2. The second-order valence-corrected chi connectivity index (χ2v) is 6.48. The van der Waals surface area contributed by atoms with Crippen molar-refractivity contribution in [3.63, 3.8) is 0 Å². The van der Waals surface area contributed by atoms with Gasteiger partial charge in [0.1, 0.15) is 6.10 Å². The number of fused-ring (bicyclic) bond motifs is 2. The van der Waals surface area contributed by atoms with E-state index in [4.69, 9.17) is 24.1 Å². The van der Waals surface area contributed by atoms with Crippen molar-refractivity contribution in [1.82, 2.24) is 0 Å². The Bertz CT molecular complexity index is 803. The number of rotatable bonds is 6. The van der Waals surface area contributed by atoms with Gasteiger partial charge in [0.25, 0.3) is 0 Å². The fourth-order valence-corrected chi connectivity index (χ4v) is 3.62. The normalized spacial score (nSPS) is 20.0. The van der Waals surface area contributed by atoms with Crippen molar-refractivity contribution in [3.8, 4) is 23.0 Å². The highest BCUT2D eigenvalue weighted by Gasteiger charge is 2.38. The highest BCUT2D eigenvalue weighted by Crippen LogP contribution is 2.51. The van der Waals surface area contributed by atoms with Gasteiger partial charge in [0.05, 0.1) is 19.6 Å². The van der Waals surface area contributed by atoms with Crippen LogP contribution in [-0.4, -0.2) is 37.3 Å². The van der Waals surface area contributed by atoms with Gasteiger partial charge in [-0.3, -0.25) is 0 Å². The van der Waals surface area contributed by atoms with E-state index in [0.717, 1.165) is 23.1 Å². The molecule has 2 aromatic rings. The molecule has 2 unspecified atom stereocenters. The van der Waals surface area contributed by atoms with Gasteiger partial charge in [-0.2, -0.15) is 0 Å². The second kappa shape index (κ2) is 7.05. The van der Waals surface area contributed by atoms with Gasteiger partial charge in [0.2, 0.25) is 6.79 Å². The Morgan fingerprint density at radius 3 is 2.73 bits per heavy atom. The van der Waals surface area contributed by atoms with Crippen LogP contribution in [0, 0.1) is 0 Å². The van der Waals surface area contributed by atoms with Crippen LogP contribution in [0.2, 0.25) is 0 Å². The van der Waals surface area contributed by atoms with Gasteiger partial charge in [-0.05, 0) is 42.2 Å². The Hall–Kier alpha value is -2.44. The predicted molar refractivity (Wildman–Crippen MR) is 94.2 cm³/mol. The van der Waals surface area contributed by atoms with E-state index in [1.165, 1.54) is 0 Å². The molecule has 26 heavy (non-hydrogen) atoms. The van der Waals surface area contributed by atoms with Crippen molar-refractivity contribution in [3.05, 3.63) is 47.0 Å². The summed E-state index contributed by atoms with van der Waals surface area (Å²) in [5, 5.41) is 19.1. The smallest absolute Gasteiger partial charge is 0.231 e. The quantitative estimate of drug-likeness (QED) is 0.826. The highest BCUT2D eigenvalue weighted by molar-refractivity contribution is 5.56. The molecule has 6 nitrogen and oxygen atoms in total. The largest absolute Gasteiger partial charge is 0.493 e. The van der Waals surface area contributed by atoms with Gasteiger partial charge >= 0.3 is 0 Å². The van der Waals surface area contributed by atoms with Crippen molar-refractivity contribution >= 4 is 0 Å². The molecule has 0 aliphatic carbocycles. The van der Waals surface area contributed by atoms with Crippen molar-refractivity contribution in [2.24, 2.45) is 0 Å². The predicted octanol–water partition coefficient (Wildman–Crippen LogP) is 2.56. The molecule has 0 saturated carbocycles. The number of benzene rings is 2. The van der Waals surface area contributed by atoms with Gasteiger partial charge in [0.15, 0.2) is 23.0 Å². The maximum absolute atomic E-state index is 10.1. The molecule has 0 saturated heterocycles. The summed E-state index contributed by atoms with van der Waals surface area (Å²) < 4.78 is 22.6. The molecule has 6 heteroatoms. The molecule has 0 aromatic heterocycles. The van der Waals surface area contributed by atoms with Crippen molar-refractivity contribution in [2.75, 3.05) is 27.1 Å². The second-order valence-electron chi connectivity index (χ2n) is 6.48. The van der Waals surface area contributed by atoms with Crippen LogP contribution in [-0.2, 0) is 6.42 Å². The van der Waals surface area contributed by atoms with E-state index in [9.17, 15) is 5.11 Å². The van der Waals surface area contributed by atoms with E-state index in [2.05, 4.69) is 0 Å². The topological polar surface area (TPSA) is 77.4 Å². The Balaban J connectivity index is 1.70. The van der Waals surface area contributed by atoms with Gasteiger partial charge in [-0.15, -0.1) is 0 Å². The lowest BCUT2D eigenvalue weighted by Crippen LogP contribution is -2.13. The Kier molecular flexibility index (Phi) is 4.61. The molecule has 0 bridgehead atoms. The number of hydrogen-bond donors (Lipinski definition) is 2. The van der Waals surface area contributed by atoms with E-state index in [1.54, 1.807) is 7.11 Å². The first-order valence-corrected chi connectivity index (χ1v) is 8.74. The first kappa shape index (κ1) is 17.0. The molecule has 2 aliphatic rings. The molecule has 4 rings (SSSR count). The lowest BCUT2D eigenvalue weighted by Gasteiger charge is -2.18. The molecular formula is C20H22O6. The molecule has 2 atom stereocenters. The molecule has 2 aliphatic heterocycles. The van der Waals surface area contributed by atoms with Gasteiger partial charge in [0, 0.05) is 12.2 Å². The van der Waals surface area contributed by atoms with E-state index < -0.39 is 0 Å². The minimum atomic E-state index is -0.327. The molecule has 0 radical (unpaired) electrons. The zero-order valence-electron chi connectivity index (χ0n) is 14.6. The van der Waals surface area contributed by atoms with Crippen molar-refractivity contribution in [2.45, 2.75) is 24.9 Å². The molecule has 2 N–H and O–H groups in total. The zero-order valence-corrected chi connectivity index (χ0v) is 14.6. The zero-order chi connectivity index (χ0) is 18.1. The van der Waals surface area contributed by atoms with Crippen LogP contribution in [0.5, 0.6) is 23.0 Å². The van der Waals surface area contributed by atoms with Gasteiger partial charge < -0.3 is 29.2 Å². The average molecular weight is 358 g/mol. The Labute approximate surface area is 151 Å². The number of methoxy groups -OCH3 is 1. The summed E-state index contributed by atoms with van der Waals surface area (Å²) in [5.74, 6) is 2.52. The fourth-order valence-electron chi connectivity index (χ4n) is 3.62. The standard InChI is InChI=1S/C20H22O6/c1-23-18-8-12(3-2-6-21)7-14-15(10-22)19(26-20(14)18)13-4-5-16-17(9-13)25-11-24-16/h4-5,7-9,15,19,21-22H,2-3,6,10-11H2,1H3. The molecular weight excluding hydrogens is 336 g/mol. The molecule has 0 spiro atoms. The third kappa shape index (κ3) is 2.85. The van der Waals surface area contributed by atoms with Gasteiger partial charge in [-0.1, -0.05) is 12.1 Å². The third-order valence-corrected chi connectivity index (χ3v) is 4.92. The van der Waals surface area contributed by atoms with Crippen LogP contribution in [0.4, 0.5) is 0 Å². The van der Waals surface area contributed by atoms with Crippen LogP contribution in [0.1, 0.15) is 35.1 Å². The minimum Gasteiger partial charge on any atom is -0.493 e. The summed E-state index contributed by atoms with van der Waals surface area (Å²) >= 11 is 0. The summed E-state index contributed by atoms with van der Waals surface area (Å²) in [6, 6.07) is 9.68. The number of hydrogen-bond acceptors (Lipinski definition) is 6. The van der Waals surface area contributed by atoms with Crippen LogP contribution >= 0.6 is 0 Å². The Morgan fingerprint density at radius 2 is 1.96 bits per heavy atom. The maximum Gasteiger partial charge on any atom is 0.231 e. The first-order valence-electron chi connectivity index (χ1n) is 8.74.